The number of carbonyl (C=O) groups excluding carboxylic acids is 3. The van der Waals surface area contributed by atoms with Crippen LogP contribution in [0.15, 0.2) is 72.8 Å². The summed E-state index contributed by atoms with van der Waals surface area (Å²) in [6.45, 7) is 3.85. The van der Waals surface area contributed by atoms with Crippen molar-refractivity contribution >= 4 is 23.4 Å². The second-order valence-corrected chi connectivity index (χ2v) is 7.54. The van der Waals surface area contributed by atoms with Gasteiger partial charge in [-0.15, -0.1) is 0 Å². The molecule has 3 amide bonds. The lowest BCUT2D eigenvalue weighted by Crippen LogP contribution is -2.48. The van der Waals surface area contributed by atoms with E-state index in [1.54, 1.807) is 24.3 Å². The maximum atomic E-state index is 13.4. The van der Waals surface area contributed by atoms with E-state index in [0.29, 0.717) is 16.8 Å². The first kappa shape index (κ1) is 19.6. The van der Waals surface area contributed by atoms with Crippen molar-refractivity contribution in [1.29, 1.82) is 0 Å². The molecule has 1 aliphatic heterocycles. The van der Waals surface area contributed by atoms with Crippen molar-refractivity contribution in [2.45, 2.75) is 26.3 Å². The van der Waals surface area contributed by atoms with Crippen LogP contribution in [-0.2, 0) is 11.2 Å². The van der Waals surface area contributed by atoms with Crippen LogP contribution in [0.2, 0.25) is 0 Å². The van der Waals surface area contributed by atoms with Crippen molar-refractivity contribution in [3.05, 3.63) is 101 Å². The lowest BCUT2D eigenvalue weighted by atomic mass is 10.0. The second kappa shape index (κ2) is 7.95. The number of hydrogen-bond acceptors (Lipinski definition) is 3. The van der Waals surface area contributed by atoms with Crippen molar-refractivity contribution in [3.8, 4) is 0 Å². The zero-order chi connectivity index (χ0) is 21.3. The number of amides is 3. The largest absolute Gasteiger partial charge is 0.324 e. The highest BCUT2D eigenvalue weighted by atomic mass is 16.2. The van der Waals surface area contributed by atoms with E-state index in [9.17, 15) is 14.4 Å². The molecule has 4 rings (SSSR count). The molecule has 0 radical (unpaired) electrons. The minimum Gasteiger partial charge on any atom is -0.324 e. The first-order chi connectivity index (χ1) is 14.5. The number of benzene rings is 3. The van der Waals surface area contributed by atoms with Crippen molar-refractivity contribution in [1.82, 2.24) is 4.90 Å². The normalized spacial score (nSPS) is 13.9. The van der Waals surface area contributed by atoms with E-state index >= 15 is 0 Å². The Balaban J connectivity index is 1.70. The summed E-state index contributed by atoms with van der Waals surface area (Å²) >= 11 is 0. The number of rotatable bonds is 5. The molecule has 1 heterocycles. The Morgan fingerprint density at radius 2 is 1.47 bits per heavy atom. The summed E-state index contributed by atoms with van der Waals surface area (Å²) in [4.78, 5) is 40.5. The standard InChI is InChI=1S/C25H22N2O3/c1-16-12-13-17(2)21(14-16)26-23(28)22(15-18-8-4-3-5-9-18)27-24(29)19-10-6-7-11-20(19)25(27)30/h3-14,22H,15H2,1-2H3,(H,26,28)/t22-/m1/s1. The van der Waals surface area contributed by atoms with Gasteiger partial charge in [0.1, 0.15) is 6.04 Å². The molecule has 0 unspecified atom stereocenters. The molecule has 1 N–H and O–H groups in total. The third-order valence-electron chi connectivity index (χ3n) is 5.36. The molecule has 0 saturated carbocycles. The number of aryl methyl sites for hydroxylation is 2. The van der Waals surface area contributed by atoms with Gasteiger partial charge in [-0.2, -0.15) is 0 Å². The summed E-state index contributed by atoms with van der Waals surface area (Å²) in [6, 6.07) is 20.9. The number of nitrogens with one attached hydrogen (secondary N) is 1. The highest BCUT2D eigenvalue weighted by Gasteiger charge is 2.42. The lowest BCUT2D eigenvalue weighted by molar-refractivity contribution is -0.119. The number of fused-ring (bicyclic) bond motifs is 1. The van der Waals surface area contributed by atoms with E-state index in [4.69, 9.17) is 0 Å². The molecule has 0 saturated heterocycles. The minimum absolute atomic E-state index is 0.239. The summed E-state index contributed by atoms with van der Waals surface area (Å²) in [5.41, 5.74) is 4.14. The van der Waals surface area contributed by atoms with E-state index in [0.717, 1.165) is 21.6 Å². The van der Waals surface area contributed by atoms with Gasteiger partial charge in [0.25, 0.3) is 11.8 Å². The third-order valence-corrected chi connectivity index (χ3v) is 5.36. The van der Waals surface area contributed by atoms with Gasteiger partial charge in [-0.3, -0.25) is 19.3 Å². The fraction of sp³-hybridized carbons (Fsp3) is 0.160. The molecule has 30 heavy (non-hydrogen) atoms. The van der Waals surface area contributed by atoms with Gasteiger partial charge in [-0.25, -0.2) is 0 Å². The Labute approximate surface area is 175 Å². The van der Waals surface area contributed by atoms with E-state index in [2.05, 4.69) is 5.32 Å². The summed E-state index contributed by atoms with van der Waals surface area (Å²) < 4.78 is 0. The van der Waals surface area contributed by atoms with Gasteiger partial charge < -0.3 is 5.32 Å². The Kier molecular flexibility index (Phi) is 5.19. The van der Waals surface area contributed by atoms with Crippen LogP contribution >= 0.6 is 0 Å². The van der Waals surface area contributed by atoms with Crippen LogP contribution in [0.4, 0.5) is 5.69 Å². The Morgan fingerprint density at radius 3 is 2.10 bits per heavy atom. The molecule has 0 aliphatic carbocycles. The molecule has 0 aromatic heterocycles. The molecule has 0 spiro atoms. The van der Waals surface area contributed by atoms with Gasteiger partial charge in [-0.05, 0) is 48.7 Å². The molecule has 5 nitrogen and oxygen atoms in total. The Hall–Kier alpha value is -3.73. The van der Waals surface area contributed by atoms with Crippen LogP contribution in [-0.4, -0.2) is 28.7 Å². The zero-order valence-corrected chi connectivity index (χ0v) is 16.9. The van der Waals surface area contributed by atoms with Gasteiger partial charge >= 0.3 is 0 Å². The molecule has 1 atom stereocenters. The van der Waals surface area contributed by atoms with Gasteiger partial charge in [0.15, 0.2) is 0 Å². The van der Waals surface area contributed by atoms with E-state index in [1.807, 2.05) is 62.4 Å². The quantitative estimate of drug-likeness (QED) is 0.657. The topological polar surface area (TPSA) is 66.5 Å². The van der Waals surface area contributed by atoms with E-state index in [-0.39, 0.29) is 12.3 Å². The first-order valence-electron chi connectivity index (χ1n) is 9.84. The molecule has 3 aromatic carbocycles. The number of anilines is 1. The SMILES string of the molecule is Cc1ccc(C)c(NC(=O)[C@@H](Cc2ccccc2)N2C(=O)c3ccccc3C2=O)c1. The van der Waals surface area contributed by atoms with Crippen molar-refractivity contribution in [2.24, 2.45) is 0 Å². The molecule has 150 valence electrons. The number of imide groups is 1. The van der Waals surface area contributed by atoms with Crippen molar-refractivity contribution < 1.29 is 14.4 Å². The molecular weight excluding hydrogens is 376 g/mol. The zero-order valence-electron chi connectivity index (χ0n) is 16.9. The molecule has 3 aromatic rings. The number of hydrogen-bond donors (Lipinski definition) is 1. The smallest absolute Gasteiger partial charge is 0.262 e. The monoisotopic (exact) mass is 398 g/mol. The van der Waals surface area contributed by atoms with E-state index < -0.39 is 17.9 Å². The first-order valence-corrected chi connectivity index (χ1v) is 9.84. The van der Waals surface area contributed by atoms with Crippen LogP contribution in [0.1, 0.15) is 37.4 Å². The molecule has 1 aliphatic rings. The summed E-state index contributed by atoms with van der Waals surface area (Å²) in [7, 11) is 0. The van der Waals surface area contributed by atoms with Crippen LogP contribution in [0.25, 0.3) is 0 Å². The maximum absolute atomic E-state index is 13.4. The van der Waals surface area contributed by atoms with Crippen LogP contribution in [0.3, 0.4) is 0 Å². The van der Waals surface area contributed by atoms with Gasteiger partial charge in [-0.1, -0.05) is 54.6 Å². The average Bonchev–Trinajstić information content (AvgIpc) is 3.00. The van der Waals surface area contributed by atoms with E-state index in [1.165, 1.54) is 0 Å². The molecule has 0 fully saturated rings. The summed E-state index contributed by atoms with van der Waals surface area (Å²) in [5, 5.41) is 2.93. The summed E-state index contributed by atoms with van der Waals surface area (Å²) in [5.74, 6) is -1.26. The fourth-order valence-electron chi connectivity index (χ4n) is 3.72. The number of nitrogens with zero attached hydrogens (tertiary/aromatic N) is 1. The predicted octanol–water partition coefficient (Wildman–Crippen LogP) is 4.15. The fourth-order valence-corrected chi connectivity index (χ4v) is 3.72. The number of carbonyl (C=O) groups is 3. The van der Waals surface area contributed by atoms with Crippen molar-refractivity contribution in [2.75, 3.05) is 5.32 Å². The molecule has 0 bridgehead atoms. The van der Waals surface area contributed by atoms with Gasteiger partial charge in [0, 0.05) is 12.1 Å². The van der Waals surface area contributed by atoms with Gasteiger partial charge in [0.2, 0.25) is 5.91 Å². The molecule has 5 heteroatoms. The maximum Gasteiger partial charge on any atom is 0.262 e. The highest BCUT2D eigenvalue weighted by molar-refractivity contribution is 6.23. The van der Waals surface area contributed by atoms with Crippen LogP contribution in [0.5, 0.6) is 0 Å². The third kappa shape index (κ3) is 3.62. The molecular formula is C25H22N2O3. The highest BCUT2D eigenvalue weighted by Crippen LogP contribution is 2.27. The Morgan fingerprint density at radius 1 is 0.867 bits per heavy atom. The van der Waals surface area contributed by atoms with Crippen molar-refractivity contribution in [3.63, 3.8) is 0 Å². The van der Waals surface area contributed by atoms with Gasteiger partial charge in [0.05, 0.1) is 11.1 Å². The van der Waals surface area contributed by atoms with Crippen LogP contribution in [0, 0.1) is 13.8 Å². The van der Waals surface area contributed by atoms with Crippen LogP contribution < -0.4 is 5.32 Å². The Bertz CT molecular complexity index is 1100. The average molecular weight is 398 g/mol. The predicted molar refractivity (Wildman–Crippen MR) is 115 cm³/mol. The second-order valence-electron chi connectivity index (χ2n) is 7.54. The minimum atomic E-state index is -0.959. The lowest BCUT2D eigenvalue weighted by Gasteiger charge is -2.26. The summed E-state index contributed by atoms with van der Waals surface area (Å²) in [6.07, 6.45) is 0.239.